The molecule has 0 unspecified atom stereocenters. The van der Waals surface area contributed by atoms with E-state index < -0.39 is 47.1 Å². The predicted molar refractivity (Wildman–Crippen MR) is 107 cm³/mol. The average molecular weight is 443 g/mol. The average Bonchev–Trinajstić information content (AvgIpc) is 3.26. The summed E-state index contributed by atoms with van der Waals surface area (Å²) in [5.41, 5.74) is 1.23. The van der Waals surface area contributed by atoms with Gasteiger partial charge in [0.15, 0.2) is 29.1 Å². The van der Waals surface area contributed by atoms with Crippen LogP contribution in [0.5, 0.6) is 0 Å². The van der Waals surface area contributed by atoms with E-state index in [9.17, 15) is 26.7 Å². The fraction of sp³-hybridized carbons (Fsp3) is 0.0435. The largest absolute Gasteiger partial charge is 0.305 e. The summed E-state index contributed by atoms with van der Waals surface area (Å²) in [6.07, 6.45) is 1.24. The van der Waals surface area contributed by atoms with Crippen molar-refractivity contribution in [3.8, 4) is 11.1 Å². The number of hydrogen-bond acceptors (Lipinski definition) is 2. The number of aromatic nitrogens is 2. The number of benzene rings is 3. The maximum atomic E-state index is 13.8. The molecular weight excluding hydrogens is 429 g/mol. The second kappa shape index (κ2) is 8.62. The number of hydrogen-bond donors (Lipinski definition) is 1. The highest BCUT2D eigenvalue weighted by Gasteiger charge is 2.26. The zero-order valence-electron chi connectivity index (χ0n) is 16.3. The van der Waals surface area contributed by atoms with Gasteiger partial charge < -0.3 is 5.32 Å². The molecular formula is C23H14F5N3O. The molecule has 32 heavy (non-hydrogen) atoms. The number of nitrogens with one attached hydrogen (secondary N) is 1. The maximum Gasteiger partial charge on any atom is 0.256 e. The molecule has 0 spiro atoms. The minimum absolute atomic E-state index is 0.0472. The molecule has 3 aromatic carbocycles. The molecule has 1 heterocycles. The van der Waals surface area contributed by atoms with Crippen LogP contribution in [0.25, 0.3) is 11.1 Å². The molecule has 0 saturated heterocycles. The minimum Gasteiger partial charge on any atom is -0.305 e. The zero-order chi connectivity index (χ0) is 22.8. The van der Waals surface area contributed by atoms with E-state index >= 15 is 0 Å². The Balaban J connectivity index is 1.48. The lowest BCUT2D eigenvalue weighted by atomic mass is 10.0. The molecule has 0 radical (unpaired) electrons. The molecule has 9 heteroatoms. The summed E-state index contributed by atoms with van der Waals surface area (Å²) in [6.45, 7) is -0.715. The second-order valence-corrected chi connectivity index (χ2v) is 6.84. The first-order chi connectivity index (χ1) is 15.3. The number of halogens is 5. The van der Waals surface area contributed by atoms with E-state index in [0.717, 1.165) is 15.8 Å². The van der Waals surface area contributed by atoms with Gasteiger partial charge in [0.05, 0.1) is 12.1 Å². The molecule has 0 aliphatic carbocycles. The van der Waals surface area contributed by atoms with E-state index in [1.807, 2.05) is 30.3 Å². The molecule has 1 aromatic heterocycles. The van der Waals surface area contributed by atoms with Crippen LogP contribution in [-0.4, -0.2) is 15.7 Å². The first-order valence-corrected chi connectivity index (χ1v) is 9.35. The Morgan fingerprint density at radius 3 is 1.94 bits per heavy atom. The maximum absolute atomic E-state index is 13.8. The second-order valence-electron chi connectivity index (χ2n) is 6.84. The third kappa shape index (κ3) is 4.09. The standard InChI is InChI=1S/C23H14F5N3O/c24-18-16(19(25)21(27)22(28)20(18)26)12-31-11-10-17(30-31)29-23(32)15-8-6-14(7-9-15)13-4-2-1-3-5-13/h1-11H,12H2,(H,29,30,32). The van der Waals surface area contributed by atoms with Crippen LogP contribution in [0.15, 0.2) is 66.9 Å². The molecule has 162 valence electrons. The quantitative estimate of drug-likeness (QED) is 0.250. The van der Waals surface area contributed by atoms with Crippen LogP contribution < -0.4 is 5.32 Å². The van der Waals surface area contributed by atoms with Crippen LogP contribution >= 0.6 is 0 Å². The van der Waals surface area contributed by atoms with E-state index in [2.05, 4.69) is 10.4 Å². The van der Waals surface area contributed by atoms with Gasteiger partial charge in [0, 0.05) is 17.8 Å². The smallest absolute Gasteiger partial charge is 0.256 e. The van der Waals surface area contributed by atoms with Gasteiger partial charge >= 0.3 is 0 Å². The van der Waals surface area contributed by atoms with Crippen molar-refractivity contribution in [3.05, 3.63) is 107 Å². The number of nitrogens with zero attached hydrogens (tertiary/aromatic N) is 2. The van der Waals surface area contributed by atoms with Crippen molar-refractivity contribution in [1.29, 1.82) is 0 Å². The van der Waals surface area contributed by atoms with Gasteiger partial charge in [-0.3, -0.25) is 9.48 Å². The Labute approximate surface area is 178 Å². The van der Waals surface area contributed by atoms with E-state index in [-0.39, 0.29) is 5.82 Å². The monoisotopic (exact) mass is 443 g/mol. The van der Waals surface area contributed by atoms with Gasteiger partial charge in [-0.15, -0.1) is 0 Å². The summed E-state index contributed by atoms with van der Waals surface area (Å²) in [5.74, 6) is -10.6. The van der Waals surface area contributed by atoms with Crippen LogP contribution in [0.1, 0.15) is 15.9 Å². The summed E-state index contributed by atoms with van der Waals surface area (Å²) in [4.78, 5) is 12.4. The summed E-state index contributed by atoms with van der Waals surface area (Å²) < 4.78 is 68.5. The fourth-order valence-electron chi connectivity index (χ4n) is 3.10. The molecule has 0 saturated carbocycles. The van der Waals surface area contributed by atoms with Crippen molar-refractivity contribution in [3.63, 3.8) is 0 Å². The fourth-order valence-corrected chi connectivity index (χ4v) is 3.10. The lowest BCUT2D eigenvalue weighted by molar-refractivity contribution is 0.102. The van der Waals surface area contributed by atoms with Crippen molar-refractivity contribution in [2.45, 2.75) is 6.54 Å². The van der Waals surface area contributed by atoms with Crippen molar-refractivity contribution >= 4 is 11.7 Å². The zero-order valence-corrected chi connectivity index (χ0v) is 16.3. The van der Waals surface area contributed by atoms with Gasteiger partial charge in [0.2, 0.25) is 5.82 Å². The molecule has 1 amide bonds. The molecule has 0 atom stereocenters. The molecule has 4 rings (SSSR count). The van der Waals surface area contributed by atoms with Crippen molar-refractivity contribution in [2.24, 2.45) is 0 Å². The van der Waals surface area contributed by atoms with E-state index in [4.69, 9.17) is 0 Å². The van der Waals surface area contributed by atoms with Gasteiger partial charge in [0.25, 0.3) is 5.91 Å². The molecule has 0 aliphatic heterocycles. The first kappa shape index (κ1) is 21.2. The summed E-state index contributed by atoms with van der Waals surface area (Å²) in [6, 6.07) is 17.7. The van der Waals surface area contributed by atoms with Gasteiger partial charge in [-0.1, -0.05) is 42.5 Å². The molecule has 0 bridgehead atoms. The predicted octanol–water partition coefficient (Wildman–Crippen LogP) is 5.55. The number of carbonyl (C=O) groups is 1. The van der Waals surface area contributed by atoms with Crippen LogP contribution in [0.2, 0.25) is 0 Å². The van der Waals surface area contributed by atoms with Crippen molar-refractivity contribution < 1.29 is 26.7 Å². The van der Waals surface area contributed by atoms with Gasteiger partial charge in [-0.25, -0.2) is 22.0 Å². The highest BCUT2D eigenvalue weighted by Crippen LogP contribution is 2.24. The van der Waals surface area contributed by atoms with Gasteiger partial charge in [-0.2, -0.15) is 5.10 Å². The van der Waals surface area contributed by atoms with Gasteiger partial charge in [-0.05, 0) is 23.3 Å². The number of anilines is 1. The highest BCUT2D eigenvalue weighted by atomic mass is 19.2. The van der Waals surface area contributed by atoms with E-state index in [0.29, 0.717) is 5.56 Å². The number of carbonyl (C=O) groups excluding carboxylic acids is 1. The molecule has 0 aliphatic rings. The highest BCUT2D eigenvalue weighted by molar-refractivity contribution is 6.04. The third-order valence-electron chi connectivity index (χ3n) is 4.76. The number of amides is 1. The number of rotatable bonds is 5. The molecule has 4 aromatic rings. The lowest BCUT2D eigenvalue weighted by Crippen LogP contribution is -2.14. The van der Waals surface area contributed by atoms with Crippen LogP contribution in [-0.2, 0) is 6.54 Å². The van der Waals surface area contributed by atoms with Crippen LogP contribution in [0.3, 0.4) is 0 Å². The summed E-state index contributed by atoms with van der Waals surface area (Å²) in [5, 5.41) is 6.43. The van der Waals surface area contributed by atoms with E-state index in [1.165, 1.54) is 12.3 Å². The van der Waals surface area contributed by atoms with Crippen molar-refractivity contribution in [2.75, 3.05) is 5.32 Å². The van der Waals surface area contributed by atoms with Gasteiger partial charge in [0.1, 0.15) is 0 Å². The summed E-state index contributed by atoms with van der Waals surface area (Å²) >= 11 is 0. The Kier molecular flexibility index (Phi) is 5.72. The first-order valence-electron chi connectivity index (χ1n) is 9.35. The Morgan fingerprint density at radius 1 is 0.750 bits per heavy atom. The van der Waals surface area contributed by atoms with E-state index in [1.54, 1.807) is 24.3 Å². The minimum atomic E-state index is -2.23. The molecule has 0 fully saturated rings. The van der Waals surface area contributed by atoms with Crippen LogP contribution in [0.4, 0.5) is 27.8 Å². The molecule has 1 N–H and O–H groups in total. The SMILES string of the molecule is O=C(Nc1ccn(Cc2c(F)c(F)c(F)c(F)c2F)n1)c1ccc(-c2ccccc2)cc1. The van der Waals surface area contributed by atoms with Crippen molar-refractivity contribution in [1.82, 2.24) is 9.78 Å². The van der Waals surface area contributed by atoms with Crippen LogP contribution in [0, 0.1) is 29.1 Å². The Bertz CT molecular complexity index is 1260. The topological polar surface area (TPSA) is 46.9 Å². The molecule has 4 nitrogen and oxygen atoms in total. The lowest BCUT2D eigenvalue weighted by Gasteiger charge is -2.08. The Hall–Kier alpha value is -4.01. The summed E-state index contributed by atoms with van der Waals surface area (Å²) in [7, 11) is 0. The third-order valence-corrected chi connectivity index (χ3v) is 4.76. The Morgan fingerprint density at radius 2 is 1.31 bits per heavy atom. The normalized spacial score (nSPS) is 10.9.